The number of fused-ring (bicyclic) bond motifs is 1. The highest BCUT2D eigenvalue weighted by Gasteiger charge is 2.35. The second-order valence-electron chi connectivity index (χ2n) is 5.57. The minimum absolute atomic E-state index is 0.333. The molecule has 0 saturated carbocycles. The Bertz CT molecular complexity index is 855. The summed E-state index contributed by atoms with van der Waals surface area (Å²) in [5, 5.41) is 15.4. The van der Waals surface area contributed by atoms with Crippen molar-refractivity contribution in [1.29, 1.82) is 0 Å². The van der Waals surface area contributed by atoms with Gasteiger partial charge in [-0.05, 0) is 18.1 Å². The van der Waals surface area contributed by atoms with E-state index in [1.807, 2.05) is 67.6 Å². The summed E-state index contributed by atoms with van der Waals surface area (Å²) in [7, 11) is 0. The number of hydrogen-bond donors (Lipinski definition) is 1. The number of aromatic nitrogens is 3. The molecule has 2 heterocycles. The summed E-state index contributed by atoms with van der Waals surface area (Å²) in [5.41, 5.74) is 2.50. The SMILES string of the molecule is Cc1nc2n(n1)[C@@H](c1ccccc1)[C@H](O)C(c1ccccc1)=N2. The average Bonchev–Trinajstić information content (AvgIpc) is 2.95. The number of nitrogens with zero attached hydrogens (tertiary/aromatic N) is 4. The molecule has 0 amide bonds. The fourth-order valence-electron chi connectivity index (χ4n) is 2.96. The van der Waals surface area contributed by atoms with Crippen LogP contribution in [0.15, 0.2) is 65.7 Å². The van der Waals surface area contributed by atoms with Gasteiger partial charge in [-0.1, -0.05) is 60.7 Å². The molecule has 0 radical (unpaired) electrons. The molecule has 2 atom stereocenters. The lowest BCUT2D eigenvalue weighted by atomic mass is 9.93. The van der Waals surface area contributed by atoms with E-state index in [2.05, 4.69) is 15.1 Å². The van der Waals surface area contributed by atoms with E-state index in [1.165, 1.54) is 0 Å². The van der Waals surface area contributed by atoms with E-state index < -0.39 is 6.10 Å². The Kier molecular flexibility index (Phi) is 3.28. The third-order valence-electron chi connectivity index (χ3n) is 3.99. The molecule has 1 aliphatic heterocycles. The topological polar surface area (TPSA) is 63.3 Å². The quantitative estimate of drug-likeness (QED) is 0.791. The van der Waals surface area contributed by atoms with Gasteiger partial charge < -0.3 is 5.11 Å². The van der Waals surface area contributed by atoms with E-state index in [0.29, 0.717) is 17.5 Å². The fourth-order valence-corrected chi connectivity index (χ4v) is 2.96. The van der Waals surface area contributed by atoms with Gasteiger partial charge in [0.2, 0.25) is 5.95 Å². The third kappa shape index (κ3) is 2.35. The van der Waals surface area contributed by atoms with Crippen LogP contribution in [-0.4, -0.2) is 31.7 Å². The number of rotatable bonds is 2. The van der Waals surface area contributed by atoms with E-state index >= 15 is 0 Å². The van der Waals surface area contributed by atoms with Gasteiger partial charge in [0.15, 0.2) is 0 Å². The maximum absolute atomic E-state index is 11.0. The highest BCUT2D eigenvalue weighted by Crippen LogP contribution is 2.32. The van der Waals surface area contributed by atoms with Crippen LogP contribution in [0.4, 0.5) is 5.95 Å². The van der Waals surface area contributed by atoms with Crippen molar-refractivity contribution in [2.24, 2.45) is 4.99 Å². The van der Waals surface area contributed by atoms with Crippen LogP contribution in [0.25, 0.3) is 0 Å². The normalized spacial score (nSPS) is 20.0. The van der Waals surface area contributed by atoms with Crippen molar-refractivity contribution >= 4 is 11.7 Å². The lowest BCUT2D eigenvalue weighted by Gasteiger charge is -2.29. The van der Waals surface area contributed by atoms with Gasteiger partial charge in [0.25, 0.3) is 0 Å². The summed E-state index contributed by atoms with van der Waals surface area (Å²) in [5.74, 6) is 1.17. The summed E-state index contributed by atoms with van der Waals surface area (Å²) in [4.78, 5) is 8.94. The summed E-state index contributed by atoms with van der Waals surface area (Å²) < 4.78 is 1.71. The Morgan fingerprint density at radius 2 is 1.61 bits per heavy atom. The molecule has 5 heteroatoms. The lowest BCUT2D eigenvalue weighted by molar-refractivity contribution is 0.183. The first-order chi connectivity index (χ1) is 11.2. The van der Waals surface area contributed by atoms with Crippen LogP contribution in [-0.2, 0) is 0 Å². The molecule has 0 fully saturated rings. The van der Waals surface area contributed by atoms with Crippen molar-refractivity contribution in [3.05, 3.63) is 77.6 Å². The highest BCUT2D eigenvalue weighted by atomic mass is 16.3. The molecule has 114 valence electrons. The Morgan fingerprint density at radius 3 is 2.30 bits per heavy atom. The predicted octanol–water partition coefficient (Wildman–Crippen LogP) is 2.67. The number of aliphatic hydroxyl groups excluding tert-OH is 1. The molecule has 23 heavy (non-hydrogen) atoms. The van der Waals surface area contributed by atoms with Crippen molar-refractivity contribution in [1.82, 2.24) is 14.8 Å². The standard InChI is InChI=1S/C18H16N4O/c1-12-19-18-20-15(13-8-4-2-5-9-13)17(23)16(22(18)21-12)14-10-6-3-7-11-14/h2-11,16-17,23H,1H3/t16-,17+/m0/s1. The molecule has 3 aromatic rings. The van der Waals surface area contributed by atoms with Gasteiger partial charge in [-0.2, -0.15) is 10.1 Å². The minimum atomic E-state index is -0.784. The van der Waals surface area contributed by atoms with E-state index in [9.17, 15) is 5.11 Å². The van der Waals surface area contributed by atoms with Crippen LogP contribution in [0.2, 0.25) is 0 Å². The van der Waals surface area contributed by atoms with Crippen LogP contribution in [0.5, 0.6) is 0 Å². The van der Waals surface area contributed by atoms with Crippen molar-refractivity contribution in [3.8, 4) is 0 Å². The van der Waals surface area contributed by atoms with Crippen molar-refractivity contribution in [2.45, 2.75) is 19.1 Å². The van der Waals surface area contributed by atoms with E-state index in [1.54, 1.807) is 4.68 Å². The number of benzene rings is 2. The van der Waals surface area contributed by atoms with Crippen molar-refractivity contribution < 1.29 is 5.11 Å². The Labute approximate surface area is 134 Å². The van der Waals surface area contributed by atoms with Crippen LogP contribution < -0.4 is 0 Å². The zero-order valence-electron chi connectivity index (χ0n) is 12.7. The summed E-state index contributed by atoms with van der Waals surface area (Å²) in [6, 6.07) is 19.2. The number of aryl methyl sites for hydroxylation is 1. The second-order valence-corrected chi connectivity index (χ2v) is 5.57. The van der Waals surface area contributed by atoms with Gasteiger partial charge in [-0.3, -0.25) is 0 Å². The highest BCUT2D eigenvalue weighted by molar-refractivity contribution is 6.05. The molecule has 0 spiro atoms. The second kappa shape index (κ2) is 5.44. The van der Waals surface area contributed by atoms with Gasteiger partial charge in [-0.15, -0.1) is 0 Å². The molecule has 0 saturated heterocycles. The molecular weight excluding hydrogens is 288 g/mol. The maximum Gasteiger partial charge on any atom is 0.249 e. The molecule has 5 nitrogen and oxygen atoms in total. The summed E-state index contributed by atoms with van der Waals surface area (Å²) >= 11 is 0. The molecule has 4 rings (SSSR count). The van der Waals surface area contributed by atoms with Crippen molar-refractivity contribution in [2.75, 3.05) is 0 Å². The zero-order valence-corrected chi connectivity index (χ0v) is 12.7. The monoisotopic (exact) mass is 304 g/mol. The van der Waals surface area contributed by atoms with Crippen LogP contribution in [0, 0.1) is 6.92 Å². The average molecular weight is 304 g/mol. The molecule has 0 unspecified atom stereocenters. The van der Waals surface area contributed by atoms with Gasteiger partial charge in [0, 0.05) is 0 Å². The van der Waals surface area contributed by atoms with Crippen LogP contribution >= 0.6 is 0 Å². The third-order valence-corrected chi connectivity index (χ3v) is 3.99. The first-order valence-electron chi connectivity index (χ1n) is 7.54. The van der Waals surface area contributed by atoms with Crippen LogP contribution in [0.3, 0.4) is 0 Å². The van der Waals surface area contributed by atoms with Gasteiger partial charge in [-0.25, -0.2) is 9.67 Å². The number of aliphatic hydroxyl groups is 1. The fraction of sp³-hybridized carbons (Fsp3) is 0.167. The Morgan fingerprint density at radius 1 is 0.957 bits per heavy atom. The smallest absolute Gasteiger partial charge is 0.249 e. The van der Waals surface area contributed by atoms with E-state index in [-0.39, 0.29) is 6.04 Å². The summed E-state index contributed by atoms with van der Waals surface area (Å²) in [6.45, 7) is 1.83. The van der Waals surface area contributed by atoms with Crippen molar-refractivity contribution in [3.63, 3.8) is 0 Å². The molecule has 2 aromatic carbocycles. The molecule has 1 N–H and O–H groups in total. The van der Waals surface area contributed by atoms with E-state index in [0.717, 1.165) is 11.1 Å². The van der Waals surface area contributed by atoms with Gasteiger partial charge in [0.1, 0.15) is 18.0 Å². The maximum atomic E-state index is 11.0. The molecule has 0 bridgehead atoms. The summed E-state index contributed by atoms with van der Waals surface area (Å²) in [6.07, 6.45) is -0.784. The first kappa shape index (κ1) is 13.8. The van der Waals surface area contributed by atoms with Crippen LogP contribution in [0.1, 0.15) is 23.0 Å². The Hall–Kier alpha value is -2.79. The zero-order chi connectivity index (χ0) is 15.8. The van der Waals surface area contributed by atoms with Gasteiger partial charge in [0.05, 0.1) is 5.71 Å². The molecule has 1 aromatic heterocycles. The largest absolute Gasteiger partial charge is 0.384 e. The molecule has 0 aliphatic carbocycles. The van der Waals surface area contributed by atoms with Gasteiger partial charge >= 0.3 is 0 Å². The first-order valence-corrected chi connectivity index (χ1v) is 7.54. The number of aliphatic imine (C=N–C) groups is 1. The number of hydrogen-bond acceptors (Lipinski definition) is 4. The molecule has 1 aliphatic rings. The minimum Gasteiger partial charge on any atom is -0.384 e. The van der Waals surface area contributed by atoms with E-state index in [4.69, 9.17) is 0 Å². The Balaban J connectivity index is 1.90. The lowest BCUT2D eigenvalue weighted by Crippen LogP contribution is -2.36. The predicted molar refractivity (Wildman–Crippen MR) is 88.0 cm³/mol. The molecular formula is C18H16N4O.